The van der Waals surface area contributed by atoms with E-state index in [4.69, 9.17) is 0 Å². The average molecular weight is 252 g/mol. The van der Waals surface area contributed by atoms with E-state index in [-0.39, 0.29) is 0 Å². The Kier molecular flexibility index (Phi) is 5.08. The van der Waals surface area contributed by atoms with Crippen LogP contribution in [-0.2, 0) is 0 Å². The molecule has 2 heteroatoms. The van der Waals surface area contributed by atoms with Crippen LogP contribution in [0.25, 0.3) is 0 Å². The first-order valence-corrected chi connectivity index (χ1v) is 8.07. The van der Waals surface area contributed by atoms with Crippen molar-refractivity contribution in [3.63, 3.8) is 0 Å². The molecule has 5 atom stereocenters. The van der Waals surface area contributed by atoms with Crippen LogP contribution in [0.4, 0.5) is 0 Å². The Hall–Kier alpha value is -0.0800. The summed E-state index contributed by atoms with van der Waals surface area (Å²) in [5.74, 6) is 2.68. The molecule has 18 heavy (non-hydrogen) atoms. The van der Waals surface area contributed by atoms with Crippen molar-refractivity contribution in [1.29, 1.82) is 0 Å². The molecule has 2 aliphatic rings. The molecule has 1 aliphatic carbocycles. The van der Waals surface area contributed by atoms with Gasteiger partial charge in [-0.2, -0.15) is 0 Å². The number of hydrogen-bond acceptors (Lipinski definition) is 2. The summed E-state index contributed by atoms with van der Waals surface area (Å²) < 4.78 is 0. The highest BCUT2D eigenvalue weighted by Gasteiger charge is 2.35. The molecule has 1 aliphatic heterocycles. The van der Waals surface area contributed by atoms with Gasteiger partial charge in [-0.15, -0.1) is 0 Å². The van der Waals surface area contributed by atoms with Gasteiger partial charge in [0.2, 0.25) is 0 Å². The Morgan fingerprint density at radius 1 is 0.944 bits per heavy atom. The largest absolute Gasteiger partial charge is 0.313 e. The molecule has 0 aromatic rings. The SMILES string of the molecule is CCNC1CCC(C)CC1N1CC(C)CC(C)C1. The molecular formula is C16H32N2. The number of nitrogens with zero attached hydrogens (tertiary/aromatic N) is 1. The minimum atomic E-state index is 0.740. The van der Waals surface area contributed by atoms with E-state index in [1.165, 1.54) is 38.8 Å². The van der Waals surface area contributed by atoms with Crippen LogP contribution in [0, 0.1) is 17.8 Å². The smallest absolute Gasteiger partial charge is 0.0252 e. The lowest BCUT2D eigenvalue weighted by Crippen LogP contribution is -2.56. The maximum Gasteiger partial charge on any atom is 0.0252 e. The van der Waals surface area contributed by atoms with Gasteiger partial charge in [0.25, 0.3) is 0 Å². The lowest BCUT2D eigenvalue weighted by atomic mass is 9.80. The number of piperidine rings is 1. The van der Waals surface area contributed by atoms with Crippen molar-refractivity contribution < 1.29 is 0 Å². The topological polar surface area (TPSA) is 15.3 Å². The van der Waals surface area contributed by atoms with Crippen molar-refractivity contribution in [1.82, 2.24) is 10.2 Å². The molecule has 1 heterocycles. The van der Waals surface area contributed by atoms with E-state index in [2.05, 4.69) is 37.9 Å². The lowest BCUT2D eigenvalue weighted by Gasteiger charge is -2.46. The van der Waals surface area contributed by atoms with Gasteiger partial charge in [0.05, 0.1) is 0 Å². The molecule has 0 aromatic heterocycles. The van der Waals surface area contributed by atoms with Gasteiger partial charge in [0.15, 0.2) is 0 Å². The maximum atomic E-state index is 3.74. The van der Waals surface area contributed by atoms with Crippen molar-refractivity contribution >= 4 is 0 Å². The van der Waals surface area contributed by atoms with Gasteiger partial charge in [0, 0.05) is 25.2 Å². The highest BCUT2D eigenvalue weighted by molar-refractivity contribution is 4.92. The first-order valence-electron chi connectivity index (χ1n) is 8.07. The van der Waals surface area contributed by atoms with Crippen LogP contribution < -0.4 is 5.32 Å². The fourth-order valence-corrected chi connectivity index (χ4v) is 4.24. The molecule has 1 N–H and O–H groups in total. The fraction of sp³-hybridized carbons (Fsp3) is 1.00. The first-order chi connectivity index (χ1) is 8.60. The fourth-order valence-electron chi connectivity index (χ4n) is 4.24. The Morgan fingerprint density at radius 3 is 2.22 bits per heavy atom. The van der Waals surface area contributed by atoms with Gasteiger partial charge in [-0.25, -0.2) is 0 Å². The number of hydrogen-bond donors (Lipinski definition) is 1. The molecule has 0 amide bonds. The molecule has 106 valence electrons. The maximum absolute atomic E-state index is 3.74. The molecule has 1 saturated heterocycles. The molecule has 0 radical (unpaired) electrons. The van der Waals surface area contributed by atoms with Crippen LogP contribution >= 0.6 is 0 Å². The summed E-state index contributed by atoms with van der Waals surface area (Å²) in [6.45, 7) is 13.3. The highest BCUT2D eigenvalue weighted by atomic mass is 15.2. The average Bonchev–Trinajstić information content (AvgIpc) is 2.30. The predicted molar refractivity (Wildman–Crippen MR) is 78.8 cm³/mol. The third kappa shape index (κ3) is 3.48. The molecule has 2 fully saturated rings. The van der Waals surface area contributed by atoms with E-state index in [1.807, 2.05) is 0 Å². The summed E-state index contributed by atoms with van der Waals surface area (Å²) in [7, 11) is 0. The summed E-state index contributed by atoms with van der Waals surface area (Å²) >= 11 is 0. The third-order valence-electron chi connectivity index (χ3n) is 4.91. The van der Waals surface area contributed by atoms with Gasteiger partial charge >= 0.3 is 0 Å². The summed E-state index contributed by atoms with van der Waals surface area (Å²) in [5, 5.41) is 3.74. The van der Waals surface area contributed by atoms with Gasteiger partial charge in [-0.05, 0) is 50.0 Å². The van der Waals surface area contributed by atoms with E-state index >= 15 is 0 Å². The van der Waals surface area contributed by atoms with Crippen molar-refractivity contribution in [2.45, 2.75) is 65.5 Å². The molecule has 0 spiro atoms. The highest BCUT2D eigenvalue weighted by Crippen LogP contribution is 2.31. The summed E-state index contributed by atoms with van der Waals surface area (Å²) in [5.41, 5.74) is 0. The molecule has 2 nitrogen and oxygen atoms in total. The van der Waals surface area contributed by atoms with E-state index in [0.29, 0.717) is 0 Å². The normalized spacial score (nSPS) is 43.0. The predicted octanol–water partition coefficient (Wildman–Crippen LogP) is 3.13. The Labute approximate surface area is 114 Å². The van der Waals surface area contributed by atoms with Crippen LogP contribution in [0.2, 0.25) is 0 Å². The van der Waals surface area contributed by atoms with Crippen LogP contribution in [0.5, 0.6) is 0 Å². The van der Waals surface area contributed by atoms with Gasteiger partial charge in [-0.1, -0.05) is 27.7 Å². The molecule has 0 bridgehead atoms. The summed E-state index contributed by atoms with van der Waals surface area (Å²) in [6.07, 6.45) is 5.60. The van der Waals surface area contributed by atoms with Gasteiger partial charge in [0.1, 0.15) is 0 Å². The van der Waals surface area contributed by atoms with E-state index in [1.54, 1.807) is 0 Å². The molecule has 0 aromatic carbocycles. The standard InChI is InChI=1S/C16H32N2/c1-5-17-15-7-6-12(2)9-16(15)18-10-13(3)8-14(4)11-18/h12-17H,5-11H2,1-4H3. The Bertz CT molecular complexity index is 243. The quantitative estimate of drug-likeness (QED) is 0.830. The lowest BCUT2D eigenvalue weighted by molar-refractivity contribution is 0.0452. The Morgan fingerprint density at radius 2 is 1.61 bits per heavy atom. The zero-order valence-electron chi connectivity index (χ0n) is 12.8. The second-order valence-electron chi connectivity index (χ2n) is 7.05. The molecule has 1 saturated carbocycles. The van der Waals surface area contributed by atoms with E-state index in [9.17, 15) is 0 Å². The van der Waals surface area contributed by atoms with Crippen molar-refractivity contribution in [2.75, 3.05) is 19.6 Å². The van der Waals surface area contributed by atoms with Crippen molar-refractivity contribution in [2.24, 2.45) is 17.8 Å². The van der Waals surface area contributed by atoms with Gasteiger partial charge < -0.3 is 5.32 Å². The molecule has 2 rings (SSSR count). The number of nitrogens with one attached hydrogen (secondary N) is 1. The zero-order chi connectivity index (χ0) is 13.1. The van der Waals surface area contributed by atoms with Gasteiger partial charge in [-0.3, -0.25) is 4.90 Å². The number of likely N-dealkylation sites (tertiary alicyclic amines) is 1. The third-order valence-corrected chi connectivity index (χ3v) is 4.91. The first kappa shape index (κ1) is 14.3. The zero-order valence-corrected chi connectivity index (χ0v) is 12.8. The van der Waals surface area contributed by atoms with Crippen LogP contribution in [0.15, 0.2) is 0 Å². The molecular weight excluding hydrogens is 220 g/mol. The van der Waals surface area contributed by atoms with E-state index in [0.717, 1.165) is 36.4 Å². The van der Waals surface area contributed by atoms with Crippen LogP contribution in [-0.4, -0.2) is 36.6 Å². The minimum absolute atomic E-state index is 0.740. The van der Waals surface area contributed by atoms with E-state index < -0.39 is 0 Å². The minimum Gasteiger partial charge on any atom is -0.313 e. The Balaban J connectivity index is 2.01. The van der Waals surface area contributed by atoms with Crippen LogP contribution in [0.3, 0.4) is 0 Å². The monoisotopic (exact) mass is 252 g/mol. The molecule has 5 unspecified atom stereocenters. The second-order valence-corrected chi connectivity index (χ2v) is 7.05. The van der Waals surface area contributed by atoms with Crippen molar-refractivity contribution in [3.8, 4) is 0 Å². The number of rotatable bonds is 3. The summed E-state index contributed by atoms with van der Waals surface area (Å²) in [6, 6.07) is 1.53. The second kappa shape index (κ2) is 6.38. The number of likely N-dealkylation sites (N-methyl/N-ethyl adjacent to an activating group) is 1. The van der Waals surface area contributed by atoms with Crippen LogP contribution in [0.1, 0.15) is 53.4 Å². The van der Waals surface area contributed by atoms with Crippen molar-refractivity contribution in [3.05, 3.63) is 0 Å². The summed E-state index contributed by atoms with van der Waals surface area (Å²) in [4.78, 5) is 2.81.